The van der Waals surface area contributed by atoms with Crippen LogP contribution in [0.1, 0.15) is 56.4 Å². The second-order valence-corrected chi connectivity index (χ2v) is 7.53. The van der Waals surface area contributed by atoms with Gasteiger partial charge in [-0.15, -0.1) is 11.3 Å². The third-order valence-electron chi connectivity index (χ3n) is 5.10. The fourth-order valence-electron chi connectivity index (χ4n) is 3.76. The molecule has 1 spiro atoms. The predicted octanol–water partition coefficient (Wildman–Crippen LogP) is 3.87. The van der Waals surface area contributed by atoms with Crippen LogP contribution in [0.5, 0.6) is 0 Å². The molecule has 1 saturated heterocycles. The van der Waals surface area contributed by atoms with E-state index < -0.39 is 6.10 Å². The number of nitrogens with zero attached hydrogens (tertiary/aromatic N) is 2. The normalized spacial score (nSPS) is 22.7. The van der Waals surface area contributed by atoms with Crippen molar-refractivity contribution in [3.05, 3.63) is 21.1 Å². The lowest BCUT2D eigenvalue weighted by atomic mass is 9.77. The summed E-state index contributed by atoms with van der Waals surface area (Å²) in [7, 11) is 0. The number of aliphatic hydroxyl groups excluding tert-OH is 1. The standard InChI is InChI=1S/C15H22N2O3S/c1-11(18)13-10-12(17(19)20)14(21-13)16-8-6-15(7-9-16)4-2-3-5-15/h10-11,18H,2-9H2,1H3/t11-/m0/s1. The quantitative estimate of drug-likeness (QED) is 0.680. The number of piperidine rings is 1. The van der Waals surface area contributed by atoms with Crippen molar-refractivity contribution in [1.82, 2.24) is 0 Å². The van der Waals surface area contributed by atoms with Crippen molar-refractivity contribution < 1.29 is 10.0 Å². The van der Waals surface area contributed by atoms with Crippen LogP contribution in [0.4, 0.5) is 10.7 Å². The Morgan fingerprint density at radius 2 is 1.95 bits per heavy atom. The zero-order valence-corrected chi connectivity index (χ0v) is 13.2. The summed E-state index contributed by atoms with van der Waals surface area (Å²) in [6.07, 6.45) is 6.97. The minimum absolute atomic E-state index is 0.151. The topological polar surface area (TPSA) is 66.6 Å². The van der Waals surface area contributed by atoms with E-state index in [1.165, 1.54) is 43.1 Å². The molecular formula is C15H22N2O3S. The molecule has 1 atom stereocenters. The van der Waals surface area contributed by atoms with E-state index >= 15 is 0 Å². The predicted molar refractivity (Wildman–Crippen MR) is 84.0 cm³/mol. The van der Waals surface area contributed by atoms with Gasteiger partial charge in [0.25, 0.3) is 0 Å². The van der Waals surface area contributed by atoms with E-state index in [9.17, 15) is 15.2 Å². The molecule has 2 aliphatic rings. The van der Waals surface area contributed by atoms with Gasteiger partial charge in [0.15, 0.2) is 5.00 Å². The van der Waals surface area contributed by atoms with Gasteiger partial charge in [0, 0.05) is 24.0 Å². The van der Waals surface area contributed by atoms with E-state index in [0.29, 0.717) is 10.3 Å². The molecule has 1 aromatic heterocycles. The first-order chi connectivity index (χ1) is 10.0. The van der Waals surface area contributed by atoms with Crippen LogP contribution in [0.3, 0.4) is 0 Å². The van der Waals surface area contributed by atoms with E-state index in [-0.39, 0.29) is 10.6 Å². The number of anilines is 1. The molecule has 21 heavy (non-hydrogen) atoms. The van der Waals surface area contributed by atoms with Crippen molar-refractivity contribution in [3.8, 4) is 0 Å². The maximum Gasteiger partial charge on any atom is 0.304 e. The highest BCUT2D eigenvalue weighted by Gasteiger charge is 2.38. The lowest BCUT2D eigenvalue weighted by Crippen LogP contribution is -2.38. The van der Waals surface area contributed by atoms with Gasteiger partial charge in [-0.2, -0.15) is 0 Å². The molecule has 116 valence electrons. The van der Waals surface area contributed by atoms with E-state index in [1.54, 1.807) is 6.92 Å². The fourth-order valence-corrected chi connectivity index (χ4v) is 4.88. The number of rotatable bonds is 3. The van der Waals surface area contributed by atoms with Gasteiger partial charge in [0.05, 0.1) is 11.0 Å². The molecule has 5 nitrogen and oxygen atoms in total. The zero-order valence-electron chi connectivity index (χ0n) is 12.4. The minimum Gasteiger partial charge on any atom is -0.388 e. The molecule has 0 radical (unpaired) electrons. The molecule has 3 rings (SSSR count). The summed E-state index contributed by atoms with van der Waals surface area (Å²) < 4.78 is 0. The highest BCUT2D eigenvalue weighted by molar-refractivity contribution is 7.16. The number of aliphatic hydroxyl groups is 1. The van der Waals surface area contributed by atoms with Gasteiger partial charge in [0.2, 0.25) is 0 Å². The number of thiophene rings is 1. The van der Waals surface area contributed by atoms with Crippen molar-refractivity contribution in [2.24, 2.45) is 5.41 Å². The van der Waals surface area contributed by atoms with Crippen molar-refractivity contribution in [3.63, 3.8) is 0 Å². The van der Waals surface area contributed by atoms with Crippen molar-refractivity contribution in [1.29, 1.82) is 0 Å². The van der Waals surface area contributed by atoms with Crippen LogP contribution in [0.15, 0.2) is 6.07 Å². The van der Waals surface area contributed by atoms with E-state index in [0.717, 1.165) is 30.9 Å². The number of hydrogen-bond acceptors (Lipinski definition) is 5. The third kappa shape index (κ3) is 2.79. The van der Waals surface area contributed by atoms with Crippen LogP contribution in [-0.4, -0.2) is 23.1 Å². The molecule has 1 aliphatic heterocycles. The van der Waals surface area contributed by atoms with E-state index in [4.69, 9.17) is 0 Å². The van der Waals surface area contributed by atoms with Gasteiger partial charge in [0.1, 0.15) is 0 Å². The molecule has 1 aliphatic carbocycles. The molecular weight excluding hydrogens is 288 g/mol. The van der Waals surface area contributed by atoms with Crippen LogP contribution < -0.4 is 4.90 Å². The van der Waals surface area contributed by atoms with Gasteiger partial charge in [-0.3, -0.25) is 10.1 Å². The Bertz CT molecular complexity index is 525. The summed E-state index contributed by atoms with van der Waals surface area (Å²) >= 11 is 1.37. The smallest absolute Gasteiger partial charge is 0.304 e. The molecule has 1 aromatic rings. The third-order valence-corrected chi connectivity index (χ3v) is 6.45. The summed E-state index contributed by atoms with van der Waals surface area (Å²) in [5.41, 5.74) is 0.661. The number of hydrogen-bond donors (Lipinski definition) is 1. The molecule has 2 fully saturated rings. The fraction of sp³-hybridized carbons (Fsp3) is 0.733. The maximum atomic E-state index is 11.3. The summed E-state index contributed by atoms with van der Waals surface area (Å²) in [6.45, 7) is 3.46. The molecule has 0 unspecified atom stereocenters. The van der Waals surface area contributed by atoms with Crippen LogP contribution in [-0.2, 0) is 0 Å². The zero-order chi connectivity index (χ0) is 15.0. The van der Waals surface area contributed by atoms with Crippen molar-refractivity contribution in [2.75, 3.05) is 18.0 Å². The van der Waals surface area contributed by atoms with Gasteiger partial charge < -0.3 is 10.0 Å². The van der Waals surface area contributed by atoms with Crippen LogP contribution in [0.2, 0.25) is 0 Å². The Morgan fingerprint density at radius 1 is 1.33 bits per heavy atom. The maximum absolute atomic E-state index is 11.3. The Kier molecular flexibility index (Phi) is 3.92. The first kappa shape index (κ1) is 14.8. The molecule has 1 N–H and O–H groups in total. The SMILES string of the molecule is C[C@H](O)c1cc([N+](=O)[O-])c(N2CCC3(CCCC3)CC2)s1. The van der Waals surface area contributed by atoms with E-state index in [1.807, 2.05) is 0 Å². The molecule has 0 amide bonds. The summed E-state index contributed by atoms with van der Waals surface area (Å²) in [5.74, 6) is 0. The Balaban J connectivity index is 1.79. The van der Waals surface area contributed by atoms with E-state index in [2.05, 4.69) is 4.90 Å². The van der Waals surface area contributed by atoms with Crippen LogP contribution in [0, 0.1) is 15.5 Å². The minimum atomic E-state index is -0.645. The summed E-state index contributed by atoms with van der Waals surface area (Å²) in [5, 5.41) is 21.7. The first-order valence-corrected chi connectivity index (χ1v) is 8.54. The average Bonchev–Trinajstić information content (AvgIpc) is 3.07. The van der Waals surface area contributed by atoms with Crippen molar-refractivity contribution >= 4 is 22.0 Å². The largest absolute Gasteiger partial charge is 0.388 e. The van der Waals surface area contributed by atoms with Crippen LogP contribution in [0.25, 0.3) is 0 Å². The molecule has 0 aromatic carbocycles. The summed E-state index contributed by atoms with van der Waals surface area (Å²) in [6, 6.07) is 1.53. The lowest BCUT2D eigenvalue weighted by Gasteiger charge is -2.39. The Morgan fingerprint density at radius 3 is 2.48 bits per heavy atom. The second kappa shape index (κ2) is 5.57. The van der Waals surface area contributed by atoms with Gasteiger partial charge in [-0.05, 0) is 38.0 Å². The van der Waals surface area contributed by atoms with Crippen LogP contribution >= 0.6 is 11.3 Å². The monoisotopic (exact) mass is 310 g/mol. The molecule has 1 saturated carbocycles. The highest BCUT2D eigenvalue weighted by Crippen LogP contribution is 2.49. The van der Waals surface area contributed by atoms with Crippen molar-refractivity contribution in [2.45, 2.75) is 51.6 Å². The second-order valence-electron chi connectivity index (χ2n) is 6.47. The highest BCUT2D eigenvalue weighted by atomic mass is 32.1. The lowest BCUT2D eigenvalue weighted by molar-refractivity contribution is -0.383. The van der Waals surface area contributed by atoms with Gasteiger partial charge in [-0.1, -0.05) is 12.8 Å². The molecule has 6 heteroatoms. The average molecular weight is 310 g/mol. The molecule has 2 heterocycles. The van der Waals surface area contributed by atoms with Gasteiger partial charge in [-0.25, -0.2) is 0 Å². The molecule has 0 bridgehead atoms. The summed E-state index contributed by atoms with van der Waals surface area (Å²) in [4.78, 5) is 13.8. The van der Waals surface area contributed by atoms with Gasteiger partial charge >= 0.3 is 5.69 Å². The Hall–Kier alpha value is -1.14. The first-order valence-electron chi connectivity index (χ1n) is 7.72. The Labute approximate surface area is 128 Å². The number of nitro groups is 1.